The van der Waals surface area contributed by atoms with Gasteiger partial charge >= 0.3 is 0 Å². The van der Waals surface area contributed by atoms with Gasteiger partial charge in [-0.05, 0) is 6.42 Å². The van der Waals surface area contributed by atoms with Crippen LogP contribution < -0.4 is 10.1 Å². The van der Waals surface area contributed by atoms with E-state index in [9.17, 15) is 4.79 Å². The number of carbonyl (C=O) groups is 1. The van der Waals surface area contributed by atoms with Crippen LogP contribution in [0.4, 0.5) is 0 Å². The molecule has 0 atom stereocenters. The maximum atomic E-state index is 11.9. The summed E-state index contributed by atoms with van der Waals surface area (Å²) < 4.78 is 8.57. The molecule has 0 aliphatic heterocycles. The van der Waals surface area contributed by atoms with Crippen molar-refractivity contribution in [3.8, 4) is 5.88 Å². The van der Waals surface area contributed by atoms with E-state index in [2.05, 4.69) is 15.4 Å². The van der Waals surface area contributed by atoms with Crippen LogP contribution in [0.1, 0.15) is 16.8 Å². The number of nitrogens with zero attached hydrogens (tertiary/aromatic N) is 4. The Morgan fingerprint density at radius 2 is 2.37 bits per heavy atom. The van der Waals surface area contributed by atoms with Gasteiger partial charge in [0.2, 0.25) is 5.88 Å². The van der Waals surface area contributed by atoms with Crippen LogP contribution in [-0.4, -0.2) is 38.9 Å². The van der Waals surface area contributed by atoms with E-state index in [4.69, 9.17) is 4.74 Å². The molecule has 0 unspecified atom stereocenters. The third kappa shape index (κ3) is 3.34. The van der Waals surface area contributed by atoms with Crippen LogP contribution in [0.3, 0.4) is 0 Å². The number of nitrogens with one attached hydrogen (secondary N) is 1. The second-order valence-electron chi connectivity index (χ2n) is 4.14. The summed E-state index contributed by atoms with van der Waals surface area (Å²) in [7, 11) is 3.25. The van der Waals surface area contributed by atoms with Gasteiger partial charge in [0, 0.05) is 38.7 Å². The number of methoxy groups -OCH3 is 1. The van der Waals surface area contributed by atoms with Crippen molar-refractivity contribution in [2.45, 2.75) is 13.0 Å². The highest BCUT2D eigenvalue weighted by Gasteiger charge is 2.15. The zero-order valence-electron chi connectivity index (χ0n) is 11.0. The Kier molecular flexibility index (Phi) is 4.17. The summed E-state index contributed by atoms with van der Waals surface area (Å²) in [6.07, 6.45) is 7.87. The number of hydrogen-bond acceptors (Lipinski definition) is 4. The van der Waals surface area contributed by atoms with Gasteiger partial charge in [0.1, 0.15) is 5.56 Å². The van der Waals surface area contributed by atoms with Crippen molar-refractivity contribution in [3.05, 3.63) is 30.5 Å². The molecule has 0 radical (unpaired) electrons. The van der Waals surface area contributed by atoms with Gasteiger partial charge in [-0.2, -0.15) is 0 Å². The Balaban J connectivity index is 1.80. The summed E-state index contributed by atoms with van der Waals surface area (Å²) in [5.41, 5.74) is 0.452. The molecule has 7 nitrogen and oxygen atoms in total. The molecule has 0 fully saturated rings. The average molecular weight is 263 g/mol. The third-order valence-corrected chi connectivity index (χ3v) is 2.67. The van der Waals surface area contributed by atoms with Gasteiger partial charge in [-0.3, -0.25) is 9.48 Å². The van der Waals surface area contributed by atoms with Crippen LogP contribution in [0.25, 0.3) is 0 Å². The molecule has 0 saturated heterocycles. The SMILES string of the molecule is COc1nn(C)cc1C(=O)NCCCn1ccnc1. The zero-order valence-corrected chi connectivity index (χ0v) is 11.0. The van der Waals surface area contributed by atoms with Crippen LogP contribution in [0, 0.1) is 0 Å². The molecule has 0 bridgehead atoms. The van der Waals surface area contributed by atoms with E-state index < -0.39 is 0 Å². The molecule has 1 N–H and O–H groups in total. The maximum Gasteiger partial charge on any atom is 0.258 e. The zero-order chi connectivity index (χ0) is 13.7. The van der Waals surface area contributed by atoms with Crippen molar-refractivity contribution in [1.29, 1.82) is 0 Å². The number of amides is 1. The van der Waals surface area contributed by atoms with Crippen LogP contribution in [0.5, 0.6) is 5.88 Å². The molecule has 2 aromatic rings. The van der Waals surface area contributed by atoms with Crippen molar-refractivity contribution in [1.82, 2.24) is 24.6 Å². The Bertz CT molecular complexity index is 532. The fourth-order valence-corrected chi connectivity index (χ4v) is 1.75. The van der Waals surface area contributed by atoms with Gasteiger partial charge in [0.25, 0.3) is 5.91 Å². The highest BCUT2D eigenvalue weighted by Crippen LogP contribution is 2.14. The van der Waals surface area contributed by atoms with Gasteiger partial charge in [-0.25, -0.2) is 4.98 Å². The van der Waals surface area contributed by atoms with E-state index in [1.54, 1.807) is 30.5 Å². The molecule has 19 heavy (non-hydrogen) atoms. The predicted molar refractivity (Wildman–Crippen MR) is 68.9 cm³/mol. The van der Waals surface area contributed by atoms with E-state index >= 15 is 0 Å². The van der Waals surface area contributed by atoms with Crippen LogP contribution in [-0.2, 0) is 13.6 Å². The molecule has 7 heteroatoms. The average Bonchev–Trinajstić information content (AvgIpc) is 3.03. The van der Waals surface area contributed by atoms with Gasteiger partial charge in [-0.15, -0.1) is 5.10 Å². The minimum absolute atomic E-state index is 0.171. The molecule has 2 heterocycles. The first-order chi connectivity index (χ1) is 9.20. The van der Waals surface area contributed by atoms with Crippen molar-refractivity contribution < 1.29 is 9.53 Å². The minimum atomic E-state index is -0.171. The number of rotatable bonds is 6. The normalized spacial score (nSPS) is 10.4. The Labute approximate surface area is 111 Å². The summed E-state index contributed by atoms with van der Waals surface area (Å²) in [5.74, 6) is 0.171. The molecular weight excluding hydrogens is 246 g/mol. The fourth-order valence-electron chi connectivity index (χ4n) is 1.75. The highest BCUT2D eigenvalue weighted by atomic mass is 16.5. The van der Waals surface area contributed by atoms with Gasteiger partial charge < -0.3 is 14.6 Å². The van der Waals surface area contributed by atoms with E-state index in [-0.39, 0.29) is 5.91 Å². The molecule has 0 aliphatic rings. The topological polar surface area (TPSA) is 74.0 Å². The lowest BCUT2D eigenvalue weighted by Gasteiger charge is -2.05. The number of carbonyl (C=O) groups excluding carboxylic acids is 1. The number of imidazole rings is 1. The summed E-state index contributed by atoms with van der Waals surface area (Å²) in [6.45, 7) is 1.42. The van der Waals surface area contributed by atoms with E-state index in [0.29, 0.717) is 18.0 Å². The highest BCUT2D eigenvalue weighted by molar-refractivity contribution is 5.96. The quantitative estimate of drug-likeness (QED) is 0.768. The Morgan fingerprint density at radius 1 is 1.53 bits per heavy atom. The number of ether oxygens (including phenoxy) is 1. The van der Waals surface area contributed by atoms with E-state index in [1.165, 1.54) is 7.11 Å². The molecule has 0 aromatic carbocycles. The fraction of sp³-hybridized carbons (Fsp3) is 0.417. The van der Waals surface area contributed by atoms with Crippen molar-refractivity contribution in [2.75, 3.05) is 13.7 Å². The molecule has 2 aromatic heterocycles. The Morgan fingerprint density at radius 3 is 3.05 bits per heavy atom. The van der Waals surface area contributed by atoms with Crippen LogP contribution in [0.15, 0.2) is 24.9 Å². The predicted octanol–water partition coefficient (Wildman–Crippen LogP) is 0.445. The molecule has 102 valence electrons. The maximum absolute atomic E-state index is 11.9. The molecule has 0 spiro atoms. The molecule has 2 rings (SSSR count). The monoisotopic (exact) mass is 263 g/mol. The number of aryl methyl sites for hydroxylation is 2. The van der Waals surface area contributed by atoms with E-state index in [0.717, 1.165) is 13.0 Å². The molecule has 1 amide bonds. The van der Waals surface area contributed by atoms with E-state index in [1.807, 2.05) is 10.8 Å². The summed E-state index contributed by atoms with van der Waals surface area (Å²) >= 11 is 0. The minimum Gasteiger partial charge on any atom is -0.479 e. The van der Waals surface area contributed by atoms with Crippen molar-refractivity contribution in [3.63, 3.8) is 0 Å². The summed E-state index contributed by atoms with van der Waals surface area (Å²) in [5, 5.41) is 6.88. The number of aromatic nitrogens is 4. The first-order valence-corrected chi connectivity index (χ1v) is 6.02. The lowest BCUT2D eigenvalue weighted by molar-refractivity contribution is 0.0949. The van der Waals surface area contributed by atoms with Crippen LogP contribution >= 0.6 is 0 Å². The van der Waals surface area contributed by atoms with Crippen LogP contribution in [0.2, 0.25) is 0 Å². The van der Waals surface area contributed by atoms with Gasteiger partial charge in [0.15, 0.2) is 0 Å². The molecule has 0 aliphatic carbocycles. The lowest BCUT2D eigenvalue weighted by atomic mass is 10.3. The lowest BCUT2D eigenvalue weighted by Crippen LogP contribution is -2.25. The third-order valence-electron chi connectivity index (χ3n) is 2.67. The molecular formula is C12H17N5O2. The Hall–Kier alpha value is -2.31. The van der Waals surface area contributed by atoms with Crippen molar-refractivity contribution in [2.24, 2.45) is 7.05 Å². The molecule has 0 saturated carbocycles. The van der Waals surface area contributed by atoms with Crippen molar-refractivity contribution >= 4 is 5.91 Å². The number of hydrogen-bond donors (Lipinski definition) is 1. The standard InChI is InChI=1S/C12H17N5O2/c1-16-8-10(12(15-16)19-2)11(18)14-4-3-6-17-7-5-13-9-17/h5,7-9H,3-4,6H2,1-2H3,(H,14,18). The summed E-state index contributed by atoms with van der Waals surface area (Å²) in [4.78, 5) is 15.9. The smallest absolute Gasteiger partial charge is 0.258 e. The summed E-state index contributed by atoms with van der Waals surface area (Å²) in [6, 6.07) is 0. The first-order valence-electron chi connectivity index (χ1n) is 6.02. The van der Waals surface area contributed by atoms with Gasteiger partial charge in [0.05, 0.1) is 13.4 Å². The first kappa shape index (κ1) is 13.1. The largest absolute Gasteiger partial charge is 0.479 e. The van der Waals surface area contributed by atoms with Gasteiger partial charge in [-0.1, -0.05) is 0 Å². The second kappa shape index (κ2) is 6.03. The second-order valence-corrected chi connectivity index (χ2v) is 4.14.